The summed E-state index contributed by atoms with van der Waals surface area (Å²) in [6, 6.07) is 17.9. The van der Waals surface area contributed by atoms with Gasteiger partial charge in [-0.3, -0.25) is 9.69 Å². The average molecular weight is 425 g/mol. The van der Waals surface area contributed by atoms with Gasteiger partial charge in [0.15, 0.2) is 0 Å². The van der Waals surface area contributed by atoms with E-state index in [1.54, 1.807) is 11.9 Å². The zero-order valence-corrected chi connectivity index (χ0v) is 18.2. The lowest BCUT2D eigenvalue weighted by atomic mass is 10.1. The van der Waals surface area contributed by atoms with Crippen LogP contribution in [-0.4, -0.2) is 61.6 Å². The lowest BCUT2D eigenvalue weighted by molar-refractivity contribution is -0.121. The van der Waals surface area contributed by atoms with Crippen molar-refractivity contribution in [3.63, 3.8) is 0 Å². The number of carbonyl (C=O) groups is 2. The Bertz CT molecular complexity index is 838. The maximum Gasteiger partial charge on any atom is 0.317 e. The monoisotopic (exact) mass is 424 g/mol. The summed E-state index contributed by atoms with van der Waals surface area (Å²) < 4.78 is 5.39. The molecule has 166 valence electrons. The molecule has 1 saturated heterocycles. The van der Waals surface area contributed by atoms with Gasteiger partial charge in [0.05, 0.1) is 13.2 Å². The molecule has 2 N–H and O–H groups in total. The Morgan fingerprint density at radius 2 is 1.68 bits per heavy atom. The van der Waals surface area contributed by atoms with Gasteiger partial charge in [0.25, 0.3) is 0 Å². The van der Waals surface area contributed by atoms with Crippen molar-refractivity contribution in [1.82, 2.24) is 20.4 Å². The van der Waals surface area contributed by atoms with Gasteiger partial charge in [-0.15, -0.1) is 0 Å². The summed E-state index contributed by atoms with van der Waals surface area (Å²) in [5, 5.41) is 5.73. The lowest BCUT2D eigenvalue weighted by Crippen LogP contribution is -2.38. The molecule has 1 aliphatic rings. The Morgan fingerprint density at radius 1 is 0.968 bits per heavy atom. The molecule has 0 spiro atoms. The van der Waals surface area contributed by atoms with Crippen LogP contribution >= 0.6 is 0 Å². The van der Waals surface area contributed by atoms with Crippen LogP contribution in [0.15, 0.2) is 54.6 Å². The molecule has 0 atom stereocenters. The first-order valence-electron chi connectivity index (χ1n) is 10.8. The average Bonchev–Trinajstić information content (AvgIpc) is 2.79. The van der Waals surface area contributed by atoms with E-state index in [0.29, 0.717) is 19.6 Å². The third kappa shape index (κ3) is 8.03. The molecule has 1 fully saturated rings. The first kappa shape index (κ1) is 22.8. The van der Waals surface area contributed by atoms with Crippen molar-refractivity contribution in [2.45, 2.75) is 26.1 Å². The molecule has 0 radical (unpaired) electrons. The van der Waals surface area contributed by atoms with Crippen LogP contribution in [-0.2, 0) is 29.2 Å². The quantitative estimate of drug-likeness (QED) is 0.648. The number of ether oxygens (including phenoxy) is 1. The van der Waals surface area contributed by atoms with E-state index in [2.05, 4.69) is 27.7 Å². The molecule has 0 aromatic heterocycles. The molecule has 1 aliphatic heterocycles. The second-order valence-electron chi connectivity index (χ2n) is 7.81. The molecule has 7 heteroatoms. The molecule has 2 aromatic rings. The van der Waals surface area contributed by atoms with E-state index < -0.39 is 0 Å². The first-order valence-corrected chi connectivity index (χ1v) is 10.8. The number of carbonyl (C=O) groups excluding carboxylic acids is 2. The summed E-state index contributed by atoms with van der Waals surface area (Å²) in [6.07, 6.45) is 0.248. The molecule has 1 heterocycles. The summed E-state index contributed by atoms with van der Waals surface area (Å²) in [4.78, 5) is 28.3. The maximum atomic E-state index is 12.2. The molecule has 3 amide bonds. The third-order valence-electron chi connectivity index (χ3n) is 5.23. The Labute approximate surface area is 184 Å². The number of morpholine rings is 1. The van der Waals surface area contributed by atoms with Crippen molar-refractivity contribution in [1.29, 1.82) is 0 Å². The van der Waals surface area contributed by atoms with Crippen LogP contribution in [0.1, 0.15) is 23.1 Å². The van der Waals surface area contributed by atoms with E-state index in [-0.39, 0.29) is 18.4 Å². The molecule has 0 saturated carbocycles. The number of hydrogen-bond acceptors (Lipinski definition) is 4. The predicted octanol–water partition coefficient (Wildman–Crippen LogP) is 2.37. The zero-order valence-electron chi connectivity index (χ0n) is 18.2. The summed E-state index contributed by atoms with van der Waals surface area (Å²) in [6.45, 7) is 5.69. The van der Waals surface area contributed by atoms with E-state index in [1.807, 2.05) is 42.5 Å². The van der Waals surface area contributed by atoms with E-state index in [0.717, 1.165) is 44.0 Å². The molecule has 31 heavy (non-hydrogen) atoms. The van der Waals surface area contributed by atoms with E-state index in [9.17, 15) is 9.59 Å². The molecule has 2 aromatic carbocycles. The van der Waals surface area contributed by atoms with Gasteiger partial charge in [-0.1, -0.05) is 54.6 Å². The van der Waals surface area contributed by atoms with Crippen molar-refractivity contribution in [3.05, 3.63) is 71.3 Å². The SMILES string of the molecule is CN(Cc1ccccc1)C(=O)NCCC(=O)NCc1cccc(CN2CCOCC2)c1. The Hall–Kier alpha value is -2.90. The van der Waals surface area contributed by atoms with Gasteiger partial charge >= 0.3 is 6.03 Å². The zero-order chi connectivity index (χ0) is 21.9. The van der Waals surface area contributed by atoms with Gasteiger partial charge in [0.1, 0.15) is 0 Å². The number of rotatable bonds is 9. The van der Waals surface area contributed by atoms with Crippen LogP contribution in [0, 0.1) is 0 Å². The number of amides is 3. The summed E-state index contributed by atoms with van der Waals surface area (Å²) in [5.41, 5.74) is 3.38. The van der Waals surface area contributed by atoms with Crippen LogP contribution in [0.3, 0.4) is 0 Å². The van der Waals surface area contributed by atoms with E-state index in [1.165, 1.54) is 5.56 Å². The predicted molar refractivity (Wildman–Crippen MR) is 120 cm³/mol. The minimum Gasteiger partial charge on any atom is -0.379 e. The highest BCUT2D eigenvalue weighted by Crippen LogP contribution is 2.10. The normalized spacial score (nSPS) is 14.1. The smallest absolute Gasteiger partial charge is 0.317 e. The number of hydrogen-bond donors (Lipinski definition) is 2. The van der Waals surface area contributed by atoms with Crippen molar-refractivity contribution in [2.24, 2.45) is 0 Å². The number of urea groups is 1. The van der Waals surface area contributed by atoms with Gasteiger partial charge < -0.3 is 20.3 Å². The van der Waals surface area contributed by atoms with Crippen LogP contribution in [0.5, 0.6) is 0 Å². The van der Waals surface area contributed by atoms with Crippen molar-refractivity contribution >= 4 is 11.9 Å². The van der Waals surface area contributed by atoms with E-state index in [4.69, 9.17) is 4.74 Å². The van der Waals surface area contributed by atoms with Crippen LogP contribution < -0.4 is 10.6 Å². The molecular formula is C24H32N4O3. The largest absolute Gasteiger partial charge is 0.379 e. The Kier molecular flexibility index (Phi) is 8.87. The van der Waals surface area contributed by atoms with Gasteiger partial charge in [0, 0.05) is 52.7 Å². The summed E-state index contributed by atoms with van der Waals surface area (Å²) in [7, 11) is 1.74. The molecule has 7 nitrogen and oxygen atoms in total. The third-order valence-corrected chi connectivity index (χ3v) is 5.23. The van der Waals surface area contributed by atoms with Crippen molar-refractivity contribution in [2.75, 3.05) is 39.9 Å². The summed E-state index contributed by atoms with van der Waals surface area (Å²) >= 11 is 0. The lowest BCUT2D eigenvalue weighted by Gasteiger charge is -2.26. The fraction of sp³-hybridized carbons (Fsp3) is 0.417. The Balaban J connectivity index is 1.34. The van der Waals surface area contributed by atoms with Crippen LogP contribution in [0.2, 0.25) is 0 Å². The minimum atomic E-state index is -0.188. The van der Waals surface area contributed by atoms with Crippen LogP contribution in [0.25, 0.3) is 0 Å². The molecule has 0 aliphatic carbocycles. The minimum absolute atomic E-state index is 0.0791. The fourth-order valence-corrected chi connectivity index (χ4v) is 3.49. The number of nitrogens with one attached hydrogen (secondary N) is 2. The second-order valence-corrected chi connectivity index (χ2v) is 7.81. The fourth-order valence-electron chi connectivity index (χ4n) is 3.49. The maximum absolute atomic E-state index is 12.2. The van der Waals surface area contributed by atoms with Gasteiger partial charge in [0.2, 0.25) is 5.91 Å². The highest BCUT2D eigenvalue weighted by molar-refractivity contribution is 5.78. The highest BCUT2D eigenvalue weighted by Gasteiger charge is 2.12. The molecule has 3 rings (SSSR count). The van der Waals surface area contributed by atoms with E-state index >= 15 is 0 Å². The van der Waals surface area contributed by atoms with Crippen molar-refractivity contribution in [3.8, 4) is 0 Å². The van der Waals surface area contributed by atoms with Gasteiger partial charge in [-0.25, -0.2) is 4.79 Å². The van der Waals surface area contributed by atoms with Gasteiger partial charge in [-0.2, -0.15) is 0 Å². The number of nitrogens with zero attached hydrogens (tertiary/aromatic N) is 2. The topological polar surface area (TPSA) is 73.9 Å². The number of benzene rings is 2. The molecule has 0 bridgehead atoms. The van der Waals surface area contributed by atoms with Gasteiger partial charge in [-0.05, 0) is 16.7 Å². The van der Waals surface area contributed by atoms with Crippen molar-refractivity contribution < 1.29 is 14.3 Å². The standard InChI is InChI=1S/C24H32N4O3/c1-27(18-20-6-3-2-4-7-20)24(30)25-11-10-23(29)26-17-21-8-5-9-22(16-21)19-28-12-14-31-15-13-28/h2-9,16H,10-15,17-19H2,1H3,(H,25,30)(H,26,29). The first-order chi connectivity index (χ1) is 15.1. The molecular weight excluding hydrogens is 392 g/mol. The Morgan fingerprint density at radius 3 is 2.45 bits per heavy atom. The second kappa shape index (κ2) is 12.1. The van der Waals surface area contributed by atoms with Crippen LogP contribution in [0.4, 0.5) is 4.79 Å². The summed E-state index contributed by atoms with van der Waals surface area (Å²) in [5.74, 6) is -0.0791. The molecule has 0 unspecified atom stereocenters. The highest BCUT2D eigenvalue weighted by atomic mass is 16.5.